The van der Waals surface area contributed by atoms with E-state index in [9.17, 15) is 22.4 Å². The lowest BCUT2D eigenvalue weighted by molar-refractivity contribution is -0.117. The molecule has 0 bridgehead atoms. The third-order valence-electron chi connectivity index (χ3n) is 3.35. The number of hydrogen-bond acceptors (Lipinski definition) is 2. The van der Waals surface area contributed by atoms with Crippen molar-refractivity contribution in [1.82, 2.24) is 5.32 Å². The summed E-state index contributed by atoms with van der Waals surface area (Å²) in [5.41, 5.74) is 0.695. The number of para-hydroxylation sites is 1. The molecule has 132 valence electrons. The first-order valence-electron chi connectivity index (χ1n) is 7.34. The Bertz CT molecular complexity index is 777. The molecule has 0 aromatic heterocycles. The SMILES string of the molecule is CC(NC(=O)/C=C/c1ccccc1OC(F)F)c1ccc(F)c(F)c1. The molecule has 0 saturated heterocycles. The minimum Gasteiger partial charge on any atom is -0.434 e. The Morgan fingerprint density at radius 2 is 1.84 bits per heavy atom. The first-order chi connectivity index (χ1) is 11.9. The molecule has 2 rings (SSSR count). The van der Waals surface area contributed by atoms with E-state index in [1.54, 1.807) is 13.0 Å². The third kappa shape index (κ3) is 5.34. The van der Waals surface area contributed by atoms with Gasteiger partial charge < -0.3 is 10.1 Å². The number of halogens is 4. The molecule has 0 radical (unpaired) electrons. The fraction of sp³-hybridized carbons (Fsp3) is 0.167. The first kappa shape index (κ1) is 18.5. The molecule has 0 spiro atoms. The van der Waals surface area contributed by atoms with Crippen molar-refractivity contribution in [2.45, 2.75) is 19.6 Å². The lowest BCUT2D eigenvalue weighted by Gasteiger charge is -2.13. The summed E-state index contributed by atoms with van der Waals surface area (Å²) in [5, 5.41) is 2.57. The summed E-state index contributed by atoms with van der Waals surface area (Å²) in [4.78, 5) is 11.9. The van der Waals surface area contributed by atoms with Crippen molar-refractivity contribution in [2.75, 3.05) is 0 Å². The minimum atomic E-state index is -2.98. The van der Waals surface area contributed by atoms with Crippen LogP contribution in [0.3, 0.4) is 0 Å². The molecule has 25 heavy (non-hydrogen) atoms. The molecule has 1 N–H and O–H groups in total. The quantitative estimate of drug-likeness (QED) is 0.615. The third-order valence-corrected chi connectivity index (χ3v) is 3.35. The number of ether oxygens (including phenoxy) is 1. The number of carbonyl (C=O) groups excluding carboxylic acids is 1. The van der Waals surface area contributed by atoms with Gasteiger partial charge in [-0.1, -0.05) is 24.3 Å². The molecule has 0 saturated carbocycles. The van der Waals surface area contributed by atoms with Crippen LogP contribution in [0.15, 0.2) is 48.5 Å². The van der Waals surface area contributed by atoms with E-state index in [0.29, 0.717) is 11.1 Å². The van der Waals surface area contributed by atoms with Crippen molar-refractivity contribution in [1.29, 1.82) is 0 Å². The summed E-state index contributed by atoms with van der Waals surface area (Å²) in [6.45, 7) is -1.37. The summed E-state index contributed by atoms with van der Waals surface area (Å²) in [6, 6.07) is 8.77. The molecule has 3 nitrogen and oxygen atoms in total. The summed E-state index contributed by atoms with van der Waals surface area (Å²) >= 11 is 0. The number of nitrogens with one attached hydrogen (secondary N) is 1. The Labute approximate surface area is 141 Å². The second-order valence-electron chi connectivity index (χ2n) is 5.15. The van der Waals surface area contributed by atoms with Gasteiger partial charge >= 0.3 is 6.61 Å². The van der Waals surface area contributed by atoms with Gasteiger partial charge in [0.2, 0.25) is 5.91 Å². The van der Waals surface area contributed by atoms with Gasteiger partial charge in [0.25, 0.3) is 0 Å². The molecule has 0 heterocycles. The lowest BCUT2D eigenvalue weighted by atomic mass is 10.1. The topological polar surface area (TPSA) is 38.3 Å². The monoisotopic (exact) mass is 353 g/mol. The highest BCUT2D eigenvalue weighted by Gasteiger charge is 2.11. The normalized spacial score (nSPS) is 12.4. The van der Waals surface area contributed by atoms with Crippen LogP contribution in [0.2, 0.25) is 0 Å². The Morgan fingerprint density at radius 1 is 1.12 bits per heavy atom. The number of carbonyl (C=O) groups is 1. The smallest absolute Gasteiger partial charge is 0.387 e. The molecule has 7 heteroatoms. The Balaban J connectivity index is 2.04. The molecular weight excluding hydrogens is 338 g/mol. The van der Waals surface area contributed by atoms with E-state index in [1.807, 2.05) is 0 Å². The fourth-order valence-corrected chi connectivity index (χ4v) is 2.11. The van der Waals surface area contributed by atoms with Gasteiger partial charge in [0.05, 0.1) is 6.04 Å². The molecule has 0 aliphatic rings. The zero-order valence-electron chi connectivity index (χ0n) is 13.2. The summed E-state index contributed by atoms with van der Waals surface area (Å²) in [7, 11) is 0. The van der Waals surface area contributed by atoms with Gasteiger partial charge in [0.15, 0.2) is 11.6 Å². The second kappa shape index (κ2) is 8.32. The van der Waals surface area contributed by atoms with Crippen LogP contribution < -0.4 is 10.1 Å². The number of amides is 1. The van der Waals surface area contributed by atoms with E-state index in [1.165, 1.54) is 30.3 Å². The van der Waals surface area contributed by atoms with E-state index < -0.39 is 30.2 Å². The highest BCUT2D eigenvalue weighted by atomic mass is 19.3. The van der Waals surface area contributed by atoms with Crippen LogP contribution in [0.5, 0.6) is 5.75 Å². The number of benzene rings is 2. The van der Waals surface area contributed by atoms with Crippen molar-refractivity contribution in [2.24, 2.45) is 0 Å². The highest BCUT2D eigenvalue weighted by molar-refractivity contribution is 5.92. The molecule has 2 aromatic rings. The lowest BCUT2D eigenvalue weighted by Crippen LogP contribution is -2.24. The van der Waals surface area contributed by atoms with Gasteiger partial charge in [-0.15, -0.1) is 0 Å². The van der Waals surface area contributed by atoms with Crippen LogP contribution >= 0.6 is 0 Å². The van der Waals surface area contributed by atoms with Gasteiger partial charge in [-0.05, 0) is 36.8 Å². The Hall–Kier alpha value is -2.83. The molecule has 1 unspecified atom stereocenters. The van der Waals surface area contributed by atoms with E-state index in [0.717, 1.165) is 18.2 Å². The van der Waals surface area contributed by atoms with Gasteiger partial charge in [-0.25, -0.2) is 8.78 Å². The van der Waals surface area contributed by atoms with Crippen LogP contribution in [0.4, 0.5) is 17.6 Å². The number of alkyl halides is 2. The van der Waals surface area contributed by atoms with Crippen molar-refractivity contribution in [3.05, 3.63) is 71.3 Å². The van der Waals surface area contributed by atoms with Gasteiger partial charge in [0.1, 0.15) is 5.75 Å². The first-order valence-corrected chi connectivity index (χ1v) is 7.34. The van der Waals surface area contributed by atoms with Crippen LogP contribution in [-0.4, -0.2) is 12.5 Å². The Kier molecular flexibility index (Phi) is 6.16. The zero-order valence-corrected chi connectivity index (χ0v) is 13.2. The minimum absolute atomic E-state index is 0.0600. The maximum absolute atomic E-state index is 13.2. The van der Waals surface area contributed by atoms with Crippen LogP contribution in [0.1, 0.15) is 24.1 Å². The standard InChI is InChI=1S/C18H15F4NO2/c1-11(13-6-8-14(19)15(20)10-13)23-17(24)9-7-12-4-2-3-5-16(12)25-18(21)22/h2-11,18H,1H3,(H,23,24)/b9-7+. The Morgan fingerprint density at radius 3 is 2.52 bits per heavy atom. The maximum Gasteiger partial charge on any atom is 0.387 e. The van der Waals surface area contributed by atoms with Crippen LogP contribution in [-0.2, 0) is 4.79 Å². The zero-order chi connectivity index (χ0) is 18.4. The molecule has 1 amide bonds. The molecule has 0 aliphatic heterocycles. The predicted molar refractivity (Wildman–Crippen MR) is 85.0 cm³/mol. The second-order valence-corrected chi connectivity index (χ2v) is 5.15. The number of hydrogen-bond donors (Lipinski definition) is 1. The van der Waals surface area contributed by atoms with Gasteiger partial charge in [0, 0.05) is 11.6 Å². The van der Waals surface area contributed by atoms with Crippen molar-refractivity contribution < 1.29 is 27.1 Å². The summed E-state index contributed by atoms with van der Waals surface area (Å²) in [6.07, 6.45) is 2.47. The van der Waals surface area contributed by atoms with Crippen molar-refractivity contribution >= 4 is 12.0 Å². The average Bonchev–Trinajstić information content (AvgIpc) is 2.56. The van der Waals surface area contributed by atoms with Crippen molar-refractivity contribution in [3.8, 4) is 5.75 Å². The molecule has 0 fully saturated rings. The fourth-order valence-electron chi connectivity index (χ4n) is 2.11. The molecule has 2 aromatic carbocycles. The predicted octanol–water partition coefficient (Wildman–Crippen LogP) is 4.46. The molecular formula is C18H15F4NO2. The summed E-state index contributed by atoms with van der Waals surface area (Å²) in [5.74, 6) is -2.57. The van der Waals surface area contributed by atoms with E-state index in [-0.39, 0.29) is 5.75 Å². The van der Waals surface area contributed by atoms with E-state index >= 15 is 0 Å². The van der Waals surface area contributed by atoms with Gasteiger partial charge in [-0.3, -0.25) is 4.79 Å². The summed E-state index contributed by atoms with van der Waals surface area (Å²) < 4.78 is 55.2. The van der Waals surface area contributed by atoms with E-state index in [4.69, 9.17) is 0 Å². The average molecular weight is 353 g/mol. The molecule has 0 aliphatic carbocycles. The maximum atomic E-state index is 13.2. The van der Waals surface area contributed by atoms with Gasteiger partial charge in [-0.2, -0.15) is 8.78 Å². The van der Waals surface area contributed by atoms with E-state index in [2.05, 4.69) is 10.1 Å². The van der Waals surface area contributed by atoms with Crippen molar-refractivity contribution in [3.63, 3.8) is 0 Å². The van der Waals surface area contributed by atoms with Crippen LogP contribution in [0, 0.1) is 11.6 Å². The highest BCUT2D eigenvalue weighted by Crippen LogP contribution is 2.21. The largest absolute Gasteiger partial charge is 0.434 e. The van der Waals surface area contributed by atoms with Crippen LogP contribution in [0.25, 0.3) is 6.08 Å². The number of rotatable bonds is 6. The molecule has 1 atom stereocenters.